The van der Waals surface area contributed by atoms with Crippen molar-refractivity contribution in [1.29, 1.82) is 0 Å². The zero-order valence-corrected chi connectivity index (χ0v) is 17.5. The Balaban J connectivity index is 1.68. The van der Waals surface area contributed by atoms with Gasteiger partial charge in [-0.25, -0.2) is 0 Å². The Kier molecular flexibility index (Phi) is 9.27. The molecule has 3 amide bonds. The van der Waals surface area contributed by atoms with E-state index in [-0.39, 0.29) is 18.9 Å². The summed E-state index contributed by atoms with van der Waals surface area (Å²) in [7, 11) is 0. The number of carbonyl (C=O) groups excluding carboxylic acids is 4. The van der Waals surface area contributed by atoms with Crippen molar-refractivity contribution < 1.29 is 23.9 Å². The largest absolute Gasteiger partial charge is 0.492 e. The van der Waals surface area contributed by atoms with E-state index in [1.165, 1.54) is 26.7 Å². The van der Waals surface area contributed by atoms with E-state index in [0.29, 0.717) is 17.9 Å². The van der Waals surface area contributed by atoms with Gasteiger partial charge in [0.25, 0.3) is 5.91 Å². The van der Waals surface area contributed by atoms with E-state index >= 15 is 0 Å². The molecule has 1 aromatic carbocycles. The zero-order chi connectivity index (χ0) is 21.9. The van der Waals surface area contributed by atoms with Crippen LogP contribution in [0.15, 0.2) is 24.3 Å². The zero-order valence-electron chi connectivity index (χ0n) is 17.5. The fourth-order valence-electron chi connectivity index (χ4n) is 2.99. The Bertz CT molecular complexity index is 744. The van der Waals surface area contributed by atoms with Gasteiger partial charge in [-0.05, 0) is 64.0 Å². The molecule has 30 heavy (non-hydrogen) atoms. The third-order valence-electron chi connectivity index (χ3n) is 4.68. The van der Waals surface area contributed by atoms with Gasteiger partial charge in [-0.2, -0.15) is 0 Å². The number of carbonyl (C=O) groups is 4. The minimum atomic E-state index is -0.814. The topological polar surface area (TPSA) is 117 Å². The molecular formula is C21H30N4O5. The number of likely N-dealkylation sites (tertiary alicyclic amines) is 1. The maximum absolute atomic E-state index is 12.2. The van der Waals surface area contributed by atoms with E-state index in [1.54, 1.807) is 24.3 Å². The summed E-state index contributed by atoms with van der Waals surface area (Å²) in [6.07, 6.45) is 2.49. The summed E-state index contributed by atoms with van der Waals surface area (Å²) >= 11 is 0. The molecular weight excluding hydrogens is 388 g/mol. The number of nitrogens with one attached hydrogen (secondary N) is 3. The quantitative estimate of drug-likeness (QED) is 0.469. The first-order chi connectivity index (χ1) is 14.3. The Morgan fingerprint density at radius 1 is 1.03 bits per heavy atom. The molecule has 0 saturated carbocycles. The van der Waals surface area contributed by atoms with E-state index in [2.05, 4.69) is 20.9 Å². The van der Waals surface area contributed by atoms with Crippen molar-refractivity contribution in [1.82, 2.24) is 20.9 Å². The van der Waals surface area contributed by atoms with Crippen molar-refractivity contribution in [2.75, 3.05) is 39.3 Å². The van der Waals surface area contributed by atoms with Gasteiger partial charge < -0.3 is 20.7 Å². The first kappa shape index (κ1) is 23.3. The van der Waals surface area contributed by atoms with Gasteiger partial charge in [0.05, 0.1) is 13.1 Å². The number of ketones is 1. The van der Waals surface area contributed by atoms with Crippen molar-refractivity contribution in [2.24, 2.45) is 0 Å². The molecule has 1 unspecified atom stereocenters. The second-order valence-corrected chi connectivity index (χ2v) is 7.31. The minimum absolute atomic E-state index is 0.0895. The van der Waals surface area contributed by atoms with E-state index < -0.39 is 23.8 Å². The summed E-state index contributed by atoms with van der Waals surface area (Å²) in [5.41, 5.74) is 0.405. The molecule has 9 nitrogen and oxygen atoms in total. The molecule has 9 heteroatoms. The highest BCUT2D eigenvalue weighted by molar-refractivity contribution is 5.97. The molecule has 2 rings (SSSR count). The van der Waals surface area contributed by atoms with Crippen molar-refractivity contribution in [3.05, 3.63) is 29.8 Å². The highest BCUT2D eigenvalue weighted by atomic mass is 16.5. The molecule has 1 atom stereocenters. The van der Waals surface area contributed by atoms with Gasteiger partial charge >= 0.3 is 0 Å². The average Bonchev–Trinajstić information content (AvgIpc) is 3.24. The SMILES string of the molecule is CC(=O)CNC(=O)C(C)NC(=O)CNC(=O)c1ccc(OCCN2CCCC2)cc1. The van der Waals surface area contributed by atoms with Gasteiger partial charge in [0.1, 0.15) is 24.2 Å². The summed E-state index contributed by atoms with van der Waals surface area (Å²) in [4.78, 5) is 49.1. The van der Waals surface area contributed by atoms with Gasteiger partial charge in [-0.1, -0.05) is 0 Å². The predicted molar refractivity (Wildman–Crippen MR) is 111 cm³/mol. The van der Waals surface area contributed by atoms with E-state index in [4.69, 9.17) is 4.74 Å². The summed E-state index contributed by atoms with van der Waals surface area (Å²) in [5.74, 6) is -0.866. The van der Waals surface area contributed by atoms with Crippen LogP contribution in [0, 0.1) is 0 Å². The maximum Gasteiger partial charge on any atom is 0.251 e. The van der Waals surface area contributed by atoms with Gasteiger partial charge in [0.2, 0.25) is 11.8 Å². The van der Waals surface area contributed by atoms with Crippen LogP contribution in [0.5, 0.6) is 5.75 Å². The summed E-state index contributed by atoms with van der Waals surface area (Å²) in [5, 5.41) is 7.38. The van der Waals surface area contributed by atoms with Crippen LogP contribution in [0.1, 0.15) is 37.0 Å². The Hall–Kier alpha value is -2.94. The summed E-state index contributed by atoms with van der Waals surface area (Å²) < 4.78 is 5.71. The number of amides is 3. The first-order valence-corrected chi connectivity index (χ1v) is 10.1. The molecule has 3 N–H and O–H groups in total. The number of ether oxygens (including phenoxy) is 1. The molecule has 0 bridgehead atoms. The summed E-state index contributed by atoms with van der Waals surface area (Å²) in [6, 6.07) is 5.90. The number of benzene rings is 1. The lowest BCUT2D eigenvalue weighted by atomic mass is 10.2. The molecule has 1 aliphatic rings. The number of rotatable bonds is 11. The Labute approximate surface area is 176 Å². The Morgan fingerprint density at radius 2 is 1.70 bits per heavy atom. The molecule has 0 aromatic heterocycles. The normalized spacial score (nSPS) is 14.6. The molecule has 1 aromatic rings. The highest BCUT2D eigenvalue weighted by Crippen LogP contribution is 2.13. The first-order valence-electron chi connectivity index (χ1n) is 10.1. The van der Waals surface area contributed by atoms with Crippen LogP contribution in [0.25, 0.3) is 0 Å². The third kappa shape index (κ3) is 8.20. The lowest BCUT2D eigenvalue weighted by Gasteiger charge is -2.15. The van der Waals surface area contributed by atoms with Crippen molar-refractivity contribution >= 4 is 23.5 Å². The second-order valence-electron chi connectivity index (χ2n) is 7.31. The monoisotopic (exact) mass is 418 g/mol. The van der Waals surface area contributed by atoms with Crippen molar-refractivity contribution in [3.63, 3.8) is 0 Å². The van der Waals surface area contributed by atoms with Crippen LogP contribution >= 0.6 is 0 Å². The van der Waals surface area contributed by atoms with Gasteiger partial charge in [0.15, 0.2) is 0 Å². The van der Waals surface area contributed by atoms with Gasteiger partial charge in [0, 0.05) is 12.1 Å². The predicted octanol–water partition coefficient (Wildman–Crippen LogP) is 0.101. The molecule has 0 spiro atoms. The highest BCUT2D eigenvalue weighted by Gasteiger charge is 2.16. The van der Waals surface area contributed by atoms with E-state index in [9.17, 15) is 19.2 Å². The van der Waals surface area contributed by atoms with Crippen LogP contribution in [-0.2, 0) is 14.4 Å². The molecule has 1 heterocycles. The molecule has 1 fully saturated rings. The van der Waals surface area contributed by atoms with Crippen molar-refractivity contribution in [2.45, 2.75) is 32.7 Å². The standard InChI is InChI=1S/C21H30N4O5/c1-15(26)13-22-20(28)16(2)24-19(27)14-23-21(29)17-5-7-18(8-6-17)30-12-11-25-9-3-4-10-25/h5-8,16H,3-4,9-14H2,1-2H3,(H,22,28)(H,23,29)(H,24,27). The lowest BCUT2D eigenvalue weighted by Crippen LogP contribution is -2.48. The third-order valence-corrected chi connectivity index (χ3v) is 4.68. The van der Waals surface area contributed by atoms with E-state index in [1.807, 2.05) is 0 Å². The summed E-state index contributed by atoms with van der Waals surface area (Å²) in [6.45, 7) is 6.23. The van der Waals surface area contributed by atoms with Crippen LogP contribution < -0.4 is 20.7 Å². The van der Waals surface area contributed by atoms with Crippen LogP contribution in [0.2, 0.25) is 0 Å². The number of nitrogens with zero attached hydrogens (tertiary/aromatic N) is 1. The molecule has 0 aliphatic carbocycles. The number of hydrogen-bond acceptors (Lipinski definition) is 6. The van der Waals surface area contributed by atoms with Gasteiger partial charge in [-0.15, -0.1) is 0 Å². The van der Waals surface area contributed by atoms with E-state index in [0.717, 1.165) is 19.6 Å². The fraction of sp³-hybridized carbons (Fsp3) is 0.524. The minimum Gasteiger partial charge on any atom is -0.492 e. The lowest BCUT2D eigenvalue weighted by molar-refractivity contribution is -0.129. The van der Waals surface area contributed by atoms with Crippen molar-refractivity contribution in [3.8, 4) is 5.75 Å². The van der Waals surface area contributed by atoms with Crippen LogP contribution in [0.3, 0.4) is 0 Å². The average molecular weight is 418 g/mol. The maximum atomic E-state index is 12.2. The molecule has 164 valence electrons. The van der Waals surface area contributed by atoms with Gasteiger partial charge in [-0.3, -0.25) is 24.1 Å². The Morgan fingerprint density at radius 3 is 2.33 bits per heavy atom. The molecule has 1 saturated heterocycles. The smallest absolute Gasteiger partial charge is 0.251 e. The van der Waals surface area contributed by atoms with Crippen LogP contribution in [-0.4, -0.2) is 73.8 Å². The second kappa shape index (κ2) is 11.9. The number of hydrogen-bond donors (Lipinski definition) is 3. The molecule has 0 radical (unpaired) electrons. The molecule has 1 aliphatic heterocycles. The van der Waals surface area contributed by atoms with Crippen LogP contribution in [0.4, 0.5) is 0 Å². The fourth-order valence-corrected chi connectivity index (χ4v) is 2.99. The number of Topliss-reactive ketones (excluding diaryl/α,β-unsaturated/α-hetero) is 1.